The number of amides is 1. The Morgan fingerprint density at radius 1 is 1.29 bits per heavy atom. The molecule has 1 aromatic rings. The summed E-state index contributed by atoms with van der Waals surface area (Å²) in [6, 6.07) is 3.82. The number of nitrogens with zero attached hydrogens (tertiary/aromatic N) is 1. The normalized spacial score (nSPS) is 18.3. The second kappa shape index (κ2) is 4.93. The molecule has 4 heteroatoms. The van der Waals surface area contributed by atoms with Gasteiger partial charge in [-0.15, -0.1) is 0 Å². The fourth-order valence-electron chi connectivity index (χ4n) is 2.95. The minimum absolute atomic E-state index is 0.294. The van der Waals surface area contributed by atoms with Crippen molar-refractivity contribution in [1.29, 1.82) is 0 Å². The zero-order valence-electron chi connectivity index (χ0n) is 13.0. The lowest BCUT2D eigenvalue weighted by Gasteiger charge is -2.32. The van der Waals surface area contributed by atoms with E-state index in [1.54, 1.807) is 11.0 Å². The van der Waals surface area contributed by atoms with Crippen LogP contribution in [0.15, 0.2) is 12.1 Å². The van der Waals surface area contributed by atoms with Crippen LogP contribution in [0.1, 0.15) is 56.2 Å². The van der Waals surface area contributed by atoms with Gasteiger partial charge in [0.15, 0.2) is 0 Å². The Labute approximate surface area is 125 Å². The lowest BCUT2D eigenvalue weighted by molar-refractivity contribution is 0.0222. The van der Waals surface area contributed by atoms with Gasteiger partial charge in [0.05, 0.1) is 6.54 Å². The van der Waals surface area contributed by atoms with Crippen molar-refractivity contribution in [3.8, 4) is 5.75 Å². The van der Waals surface area contributed by atoms with Crippen molar-refractivity contribution in [2.75, 3.05) is 6.54 Å². The molecule has 0 saturated heterocycles. The van der Waals surface area contributed by atoms with Crippen LogP contribution >= 0.6 is 0 Å². The molecule has 0 spiro atoms. The Balaban J connectivity index is 1.82. The van der Waals surface area contributed by atoms with Crippen molar-refractivity contribution in [1.82, 2.24) is 4.90 Å². The molecule has 0 aromatic heterocycles. The molecule has 0 unspecified atom stereocenters. The molecule has 4 nitrogen and oxygen atoms in total. The third-order valence-electron chi connectivity index (χ3n) is 4.09. The number of hydrogen-bond donors (Lipinski definition) is 1. The van der Waals surface area contributed by atoms with E-state index in [0.29, 0.717) is 24.8 Å². The maximum Gasteiger partial charge on any atom is 0.410 e. The van der Waals surface area contributed by atoms with Crippen molar-refractivity contribution >= 4 is 6.09 Å². The smallest absolute Gasteiger partial charge is 0.410 e. The number of fused-ring (bicyclic) bond motifs is 1. The van der Waals surface area contributed by atoms with Gasteiger partial charge in [0.2, 0.25) is 0 Å². The molecule has 0 atom stereocenters. The Hall–Kier alpha value is -1.71. The molecular weight excluding hydrogens is 266 g/mol. The zero-order chi connectivity index (χ0) is 15.2. The average molecular weight is 289 g/mol. The summed E-state index contributed by atoms with van der Waals surface area (Å²) in [4.78, 5) is 13.9. The number of phenols is 1. The van der Waals surface area contributed by atoms with Gasteiger partial charge in [-0.05, 0) is 63.1 Å². The molecule has 3 rings (SSSR count). The molecule has 1 aliphatic carbocycles. The van der Waals surface area contributed by atoms with Gasteiger partial charge in [0, 0.05) is 12.1 Å². The summed E-state index contributed by atoms with van der Waals surface area (Å²) in [6.07, 6.45) is 2.99. The highest BCUT2D eigenvalue weighted by molar-refractivity contribution is 5.69. The van der Waals surface area contributed by atoms with E-state index in [2.05, 4.69) is 6.07 Å². The van der Waals surface area contributed by atoms with Crippen molar-refractivity contribution in [2.24, 2.45) is 0 Å². The van der Waals surface area contributed by atoms with Crippen molar-refractivity contribution in [3.05, 3.63) is 28.8 Å². The van der Waals surface area contributed by atoms with E-state index in [4.69, 9.17) is 4.74 Å². The molecule has 0 radical (unpaired) electrons. The van der Waals surface area contributed by atoms with Gasteiger partial charge in [-0.1, -0.05) is 6.07 Å². The van der Waals surface area contributed by atoms with Gasteiger partial charge in [-0.25, -0.2) is 4.79 Å². The Morgan fingerprint density at radius 3 is 2.62 bits per heavy atom. The predicted octanol–water partition coefficient (Wildman–Crippen LogP) is 3.56. The molecule has 1 saturated carbocycles. The fourth-order valence-corrected chi connectivity index (χ4v) is 2.95. The molecule has 1 fully saturated rings. The quantitative estimate of drug-likeness (QED) is 0.860. The van der Waals surface area contributed by atoms with Gasteiger partial charge in [-0.3, -0.25) is 0 Å². The summed E-state index contributed by atoms with van der Waals surface area (Å²) in [7, 11) is 0. The van der Waals surface area contributed by atoms with Gasteiger partial charge >= 0.3 is 6.09 Å². The lowest BCUT2D eigenvalue weighted by Crippen LogP contribution is -2.40. The minimum Gasteiger partial charge on any atom is -0.508 e. The molecule has 1 N–H and O–H groups in total. The second-order valence-corrected chi connectivity index (χ2v) is 7.06. The highest BCUT2D eigenvalue weighted by Gasteiger charge is 2.32. The van der Waals surface area contributed by atoms with Gasteiger partial charge in [0.25, 0.3) is 0 Å². The summed E-state index contributed by atoms with van der Waals surface area (Å²) < 4.78 is 5.43. The number of hydrogen-bond acceptors (Lipinski definition) is 3. The first-order valence-electron chi connectivity index (χ1n) is 7.67. The van der Waals surface area contributed by atoms with Gasteiger partial charge in [-0.2, -0.15) is 0 Å². The van der Waals surface area contributed by atoms with Crippen LogP contribution < -0.4 is 0 Å². The number of aromatic hydroxyl groups is 1. The third kappa shape index (κ3) is 2.99. The van der Waals surface area contributed by atoms with Crippen LogP contribution in [0.25, 0.3) is 0 Å². The molecule has 1 aromatic carbocycles. The van der Waals surface area contributed by atoms with Crippen LogP contribution in [0.3, 0.4) is 0 Å². The van der Waals surface area contributed by atoms with E-state index in [9.17, 15) is 9.90 Å². The third-order valence-corrected chi connectivity index (χ3v) is 4.09. The molecule has 1 heterocycles. The lowest BCUT2D eigenvalue weighted by atomic mass is 9.91. The first-order chi connectivity index (χ1) is 9.85. The van der Waals surface area contributed by atoms with Gasteiger partial charge < -0.3 is 14.7 Å². The van der Waals surface area contributed by atoms with Crippen LogP contribution in [0.2, 0.25) is 0 Å². The van der Waals surface area contributed by atoms with E-state index in [0.717, 1.165) is 12.0 Å². The summed E-state index contributed by atoms with van der Waals surface area (Å²) in [5.74, 6) is 0.954. The fraction of sp³-hybridized carbons (Fsp3) is 0.588. The number of ether oxygens (including phenoxy) is 1. The van der Waals surface area contributed by atoms with E-state index in [1.807, 2.05) is 20.8 Å². The van der Waals surface area contributed by atoms with Crippen LogP contribution in [-0.2, 0) is 17.7 Å². The van der Waals surface area contributed by atoms with E-state index in [1.165, 1.54) is 24.0 Å². The average Bonchev–Trinajstić information content (AvgIpc) is 3.21. The van der Waals surface area contributed by atoms with E-state index < -0.39 is 5.60 Å². The Bertz CT molecular complexity index is 570. The molecule has 0 bridgehead atoms. The summed E-state index contributed by atoms with van der Waals surface area (Å²) in [6.45, 7) is 6.70. The maximum absolute atomic E-state index is 12.2. The first kappa shape index (κ1) is 14.2. The van der Waals surface area contributed by atoms with Crippen LogP contribution in [0.4, 0.5) is 4.79 Å². The van der Waals surface area contributed by atoms with Crippen molar-refractivity contribution in [3.63, 3.8) is 0 Å². The Kier molecular flexibility index (Phi) is 3.34. The van der Waals surface area contributed by atoms with Crippen LogP contribution in [-0.4, -0.2) is 28.2 Å². The maximum atomic E-state index is 12.2. The highest BCUT2D eigenvalue weighted by atomic mass is 16.6. The summed E-state index contributed by atoms with van der Waals surface area (Å²) >= 11 is 0. The second-order valence-electron chi connectivity index (χ2n) is 7.06. The minimum atomic E-state index is -0.491. The SMILES string of the molecule is CC(C)(C)OC(=O)N1CCc2c(C3CC3)ccc(O)c2C1. The Morgan fingerprint density at radius 2 is 2.00 bits per heavy atom. The number of carbonyl (C=O) groups excluding carboxylic acids is 1. The topological polar surface area (TPSA) is 49.8 Å². The standard InChI is InChI=1S/C17H23NO3/c1-17(2,3)21-16(20)18-9-8-13-12(11-4-5-11)6-7-15(19)14(13)10-18/h6-7,11,19H,4-5,8-10H2,1-3H3. The van der Waals surface area contributed by atoms with Gasteiger partial charge in [0.1, 0.15) is 11.4 Å². The molecule has 1 aliphatic heterocycles. The first-order valence-corrected chi connectivity index (χ1v) is 7.67. The van der Waals surface area contributed by atoms with Crippen LogP contribution in [0.5, 0.6) is 5.75 Å². The van der Waals surface area contributed by atoms with E-state index in [-0.39, 0.29) is 6.09 Å². The molecule has 114 valence electrons. The molecular formula is C17H23NO3. The number of carbonyl (C=O) groups is 1. The molecule has 2 aliphatic rings. The highest BCUT2D eigenvalue weighted by Crippen LogP contribution is 2.44. The van der Waals surface area contributed by atoms with Crippen molar-refractivity contribution < 1.29 is 14.6 Å². The number of phenolic OH excluding ortho intramolecular Hbond substituents is 1. The monoisotopic (exact) mass is 289 g/mol. The van der Waals surface area contributed by atoms with Crippen molar-refractivity contribution in [2.45, 2.75) is 58.1 Å². The van der Waals surface area contributed by atoms with E-state index >= 15 is 0 Å². The predicted molar refractivity (Wildman–Crippen MR) is 80.4 cm³/mol. The number of rotatable bonds is 1. The molecule has 1 amide bonds. The molecule has 21 heavy (non-hydrogen) atoms. The summed E-state index contributed by atoms with van der Waals surface area (Å²) in [5, 5.41) is 10.1. The largest absolute Gasteiger partial charge is 0.508 e. The summed E-state index contributed by atoms with van der Waals surface area (Å²) in [5.41, 5.74) is 3.02. The zero-order valence-corrected chi connectivity index (χ0v) is 13.0. The number of benzene rings is 1. The van der Waals surface area contributed by atoms with Crippen LogP contribution in [0, 0.1) is 0 Å².